The fourth-order valence-electron chi connectivity index (χ4n) is 2.45. The second-order valence-corrected chi connectivity index (χ2v) is 4.54. The predicted octanol–water partition coefficient (Wildman–Crippen LogP) is 2.40. The summed E-state index contributed by atoms with van der Waals surface area (Å²) in [6.45, 7) is 2.76. The maximum absolute atomic E-state index is 5.92. The second kappa shape index (κ2) is 4.35. The van der Waals surface area contributed by atoms with Crippen molar-refractivity contribution in [3.8, 4) is 0 Å². The molecular weight excluding hydrogens is 188 g/mol. The lowest BCUT2D eigenvalue weighted by atomic mass is 9.74. The molecule has 15 heavy (non-hydrogen) atoms. The smallest absolute Gasteiger partial charge is 0.201 e. The van der Waals surface area contributed by atoms with Gasteiger partial charge < -0.3 is 10.2 Å². The van der Waals surface area contributed by atoms with E-state index in [-0.39, 0.29) is 5.41 Å². The molecule has 0 amide bonds. The van der Waals surface area contributed by atoms with Crippen LogP contribution in [0.3, 0.4) is 0 Å². The molecule has 0 radical (unpaired) electrons. The molecular formula is C12H20N2O. The highest BCUT2D eigenvalue weighted by Gasteiger charge is 2.36. The number of hydrogen-bond donors (Lipinski definition) is 1. The Morgan fingerprint density at radius 1 is 1.40 bits per heavy atom. The van der Waals surface area contributed by atoms with E-state index in [9.17, 15) is 0 Å². The van der Waals surface area contributed by atoms with E-state index in [1.807, 2.05) is 0 Å². The van der Waals surface area contributed by atoms with E-state index in [1.54, 1.807) is 6.26 Å². The Bertz CT molecular complexity index is 313. The van der Waals surface area contributed by atoms with Crippen molar-refractivity contribution >= 4 is 0 Å². The molecule has 1 fully saturated rings. The summed E-state index contributed by atoms with van der Waals surface area (Å²) in [7, 11) is 0. The molecule has 1 aliphatic carbocycles. The third-order valence-corrected chi connectivity index (χ3v) is 3.57. The molecule has 1 aromatic heterocycles. The van der Waals surface area contributed by atoms with Crippen molar-refractivity contribution in [2.75, 3.05) is 6.54 Å². The number of aromatic nitrogens is 1. The van der Waals surface area contributed by atoms with E-state index in [0.29, 0.717) is 6.54 Å². The highest BCUT2D eigenvalue weighted by atomic mass is 16.3. The quantitative estimate of drug-likeness (QED) is 0.829. The lowest BCUT2D eigenvalue weighted by Crippen LogP contribution is -2.37. The number of nitrogens with two attached hydrogens (primary N) is 1. The Kier molecular flexibility index (Phi) is 3.10. The van der Waals surface area contributed by atoms with Gasteiger partial charge in [-0.05, 0) is 19.3 Å². The fraction of sp³-hybridized carbons (Fsp3) is 0.750. The highest BCUT2D eigenvalue weighted by Crippen LogP contribution is 2.38. The van der Waals surface area contributed by atoms with Crippen LogP contribution in [0.25, 0.3) is 0 Å². The molecule has 1 heterocycles. The van der Waals surface area contributed by atoms with Gasteiger partial charge in [0.1, 0.15) is 6.26 Å². The summed E-state index contributed by atoms with van der Waals surface area (Å²) in [5.41, 5.74) is 7.00. The third kappa shape index (κ3) is 1.93. The van der Waals surface area contributed by atoms with Crippen LogP contribution in [-0.2, 0) is 11.8 Å². The summed E-state index contributed by atoms with van der Waals surface area (Å²) in [4.78, 5) is 4.55. The average molecular weight is 208 g/mol. The van der Waals surface area contributed by atoms with E-state index >= 15 is 0 Å². The van der Waals surface area contributed by atoms with Gasteiger partial charge in [-0.1, -0.05) is 26.2 Å². The van der Waals surface area contributed by atoms with Crippen LogP contribution in [0, 0.1) is 0 Å². The molecule has 0 saturated heterocycles. The minimum absolute atomic E-state index is 0.0334. The molecule has 3 heteroatoms. The molecule has 3 nitrogen and oxygen atoms in total. The molecule has 1 aliphatic rings. The van der Waals surface area contributed by atoms with Gasteiger partial charge in [-0.2, -0.15) is 0 Å². The Balaban J connectivity index is 2.24. The van der Waals surface area contributed by atoms with Crippen LogP contribution in [0.15, 0.2) is 10.7 Å². The van der Waals surface area contributed by atoms with Gasteiger partial charge in [0.25, 0.3) is 0 Å². The summed E-state index contributed by atoms with van der Waals surface area (Å²) in [6, 6.07) is 0. The topological polar surface area (TPSA) is 52.0 Å². The van der Waals surface area contributed by atoms with Crippen molar-refractivity contribution in [3.05, 3.63) is 17.8 Å². The van der Waals surface area contributed by atoms with Crippen molar-refractivity contribution in [3.63, 3.8) is 0 Å². The van der Waals surface area contributed by atoms with E-state index in [2.05, 4.69) is 11.9 Å². The van der Waals surface area contributed by atoms with E-state index in [0.717, 1.165) is 30.8 Å². The van der Waals surface area contributed by atoms with Gasteiger partial charge in [0, 0.05) is 6.54 Å². The lowest BCUT2D eigenvalue weighted by Gasteiger charge is -2.32. The molecule has 84 valence electrons. The normalized spacial score (nSPS) is 20.4. The summed E-state index contributed by atoms with van der Waals surface area (Å²) in [5.74, 6) is 0.876. The van der Waals surface area contributed by atoms with Crippen molar-refractivity contribution in [1.29, 1.82) is 0 Å². The molecule has 0 atom stereocenters. The minimum atomic E-state index is 0.0334. The molecule has 0 bridgehead atoms. The Morgan fingerprint density at radius 2 is 2.13 bits per heavy atom. The number of hydrogen-bond acceptors (Lipinski definition) is 3. The van der Waals surface area contributed by atoms with E-state index in [1.165, 1.54) is 19.3 Å². The summed E-state index contributed by atoms with van der Waals surface area (Å²) in [6.07, 6.45) is 8.80. The van der Waals surface area contributed by atoms with Gasteiger partial charge in [-0.15, -0.1) is 0 Å². The van der Waals surface area contributed by atoms with Crippen molar-refractivity contribution < 1.29 is 4.42 Å². The van der Waals surface area contributed by atoms with Crippen LogP contribution in [0.5, 0.6) is 0 Å². The Morgan fingerprint density at radius 3 is 2.67 bits per heavy atom. The standard InChI is InChI=1S/C12H20N2O/c1-2-10-8-15-11(14-10)12(9-13)6-4-3-5-7-12/h8H,2-7,9,13H2,1H3. The third-order valence-electron chi connectivity index (χ3n) is 3.57. The second-order valence-electron chi connectivity index (χ2n) is 4.54. The summed E-state index contributed by atoms with van der Waals surface area (Å²) in [5, 5.41) is 0. The maximum atomic E-state index is 5.92. The number of aryl methyl sites for hydroxylation is 1. The first-order valence-corrected chi connectivity index (χ1v) is 5.96. The predicted molar refractivity (Wildman–Crippen MR) is 59.7 cm³/mol. The Labute approximate surface area is 91.1 Å². The van der Waals surface area contributed by atoms with Crippen LogP contribution in [0.2, 0.25) is 0 Å². The van der Waals surface area contributed by atoms with Crippen molar-refractivity contribution in [1.82, 2.24) is 4.98 Å². The fourth-order valence-corrected chi connectivity index (χ4v) is 2.45. The average Bonchev–Trinajstić information content (AvgIpc) is 2.79. The van der Waals surface area contributed by atoms with Gasteiger partial charge in [0.2, 0.25) is 5.89 Å². The zero-order valence-electron chi connectivity index (χ0n) is 9.46. The lowest BCUT2D eigenvalue weighted by molar-refractivity contribution is 0.242. The molecule has 0 aliphatic heterocycles. The Hall–Kier alpha value is -0.830. The molecule has 1 aromatic rings. The monoisotopic (exact) mass is 208 g/mol. The van der Waals surface area contributed by atoms with Gasteiger partial charge in [-0.25, -0.2) is 4.98 Å². The van der Waals surface area contributed by atoms with Crippen LogP contribution in [0.1, 0.15) is 50.6 Å². The van der Waals surface area contributed by atoms with Crippen LogP contribution in [-0.4, -0.2) is 11.5 Å². The number of rotatable bonds is 3. The molecule has 2 rings (SSSR count). The molecule has 0 unspecified atom stereocenters. The van der Waals surface area contributed by atoms with Gasteiger partial charge in [0.05, 0.1) is 11.1 Å². The number of oxazole rings is 1. The first-order valence-electron chi connectivity index (χ1n) is 5.96. The van der Waals surface area contributed by atoms with Crippen molar-refractivity contribution in [2.45, 2.75) is 50.9 Å². The maximum Gasteiger partial charge on any atom is 0.201 e. The van der Waals surface area contributed by atoms with E-state index in [4.69, 9.17) is 10.2 Å². The SMILES string of the molecule is CCc1coc(C2(CN)CCCCC2)n1. The van der Waals surface area contributed by atoms with E-state index < -0.39 is 0 Å². The summed E-state index contributed by atoms with van der Waals surface area (Å²) >= 11 is 0. The zero-order valence-corrected chi connectivity index (χ0v) is 9.46. The molecule has 0 aromatic carbocycles. The van der Waals surface area contributed by atoms with Crippen LogP contribution < -0.4 is 5.73 Å². The molecule has 0 spiro atoms. The number of nitrogens with zero attached hydrogens (tertiary/aromatic N) is 1. The van der Waals surface area contributed by atoms with Crippen molar-refractivity contribution in [2.24, 2.45) is 5.73 Å². The zero-order chi connectivity index (χ0) is 10.7. The minimum Gasteiger partial charge on any atom is -0.448 e. The van der Waals surface area contributed by atoms with Crippen LogP contribution in [0.4, 0.5) is 0 Å². The van der Waals surface area contributed by atoms with Gasteiger partial charge in [-0.3, -0.25) is 0 Å². The van der Waals surface area contributed by atoms with Crippen LogP contribution >= 0.6 is 0 Å². The highest BCUT2D eigenvalue weighted by molar-refractivity contribution is 5.10. The first kappa shape index (κ1) is 10.7. The first-order chi connectivity index (χ1) is 7.30. The van der Waals surface area contributed by atoms with Gasteiger partial charge in [0.15, 0.2) is 0 Å². The summed E-state index contributed by atoms with van der Waals surface area (Å²) < 4.78 is 5.60. The molecule has 1 saturated carbocycles. The largest absolute Gasteiger partial charge is 0.448 e. The van der Waals surface area contributed by atoms with Gasteiger partial charge >= 0.3 is 0 Å². The molecule has 2 N–H and O–H groups in total.